The molecule has 1 unspecified atom stereocenters. The first kappa shape index (κ1) is 19.1. The number of esters is 1. The highest BCUT2D eigenvalue weighted by Gasteiger charge is 2.32. The lowest BCUT2D eigenvalue weighted by Gasteiger charge is -2.27. The molecule has 1 saturated heterocycles. The highest BCUT2D eigenvalue weighted by molar-refractivity contribution is 7.91. The van der Waals surface area contributed by atoms with Crippen LogP contribution in [-0.2, 0) is 14.6 Å². The minimum atomic E-state index is -3.00. The maximum absolute atomic E-state index is 11.9. The normalized spacial score (nSPS) is 18.1. The third-order valence-corrected chi connectivity index (χ3v) is 6.24. The third kappa shape index (κ3) is 4.36. The van der Waals surface area contributed by atoms with E-state index in [1.165, 1.54) is 7.11 Å². The number of sulfone groups is 1. The smallest absolute Gasteiger partial charge is 0.339 e. The molecule has 0 spiro atoms. The molecule has 1 aliphatic rings. The van der Waals surface area contributed by atoms with Crippen molar-refractivity contribution in [3.05, 3.63) is 42.1 Å². The van der Waals surface area contributed by atoms with Crippen molar-refractivity contribution in [3.63, 3.8) is 0 Å². The third-order valence-electron chi connectivity index (χ3n) is 4.48. The number of anilines is 3. The second-order valence-corrected chi connectivity index (χ2v) is 8.48. The molecule has 0 radical (unpaired) electrons. The molecule has 1 aromatic carbocycles. The van der Waals surface area contributed by atoms with Gasteiger partial charge in [0.15, 0.2) is 9.84 Å². The average Bonchev–Trinajstić information content (AvgIpc) is 3.02. The van der Waals surface area contributed by atoms with Crippen LogP contribution in [0.1, 0.15) is 23.7 Å². The molecule has 3 rings (SSSR count). The summed E-state index contributed by atoms with van der Waals surface area (Å²) in [5, 5.41) is 3.12. The van der Waals surface area contributed by atoms with Crippen LogP contribution < -0.4 is 10.2 Å². The van der Waals surface area contributed by atoms with Crippen LogP contribution >= 0.6 is 0 Å². The minimum Gasteiger partial charge on any atom is -0.465 e. The number of nitrogens with zero attached hydrogens (tertiary/aromatic N) is 3. The maximum Gasteiger partial charge on any atom is 0.339 e. The number of benzene rings is 1. The molecular formula is C18H22N4O4S. The largest absolute Gasteiger partial charge is 0.465 e. The van der Waals surface area contributed by atoms with E-state index < -0.39 is 15.8 Å². The van der Waals surface area contributed by atoms with E-state index in [9.17, 15) is 13.2 Å². The number of rotatable bonds is 6. The van der Waals surface area contributed by atoms with Gasteiger partial charge in [-0.15, -0.1) is 0 Å². The van der Waals surface area contributed by atoms with Crippen LogP contribution in [0.4, 0.5) is 17.5 Å². The molecule has 0 aliphatic carbocycles. The summed E-state index contributed by atoms with van der Waals surface area (Å²) >= 11 is 0. The first-order valence-electron chi connectivity index (χ1n) is 8.68. The van der Waals surface area contributed by atoms with E-state index >= 15 is 0 Å². The van der Waals surface area contributed by atoms with Gasteiger partial charge in [-0.25, -0.2) is 18.2 Å². The summed E-state index contributed by atoms with van der Waals surface area (Å²) in [4.78, 5) is 22.6. The van der Waals surface area contributed by atoms with E-state index in [0.717, 1.165) is 0 Å². The highest BCUT2D eigenvalue weighted by Crippen LogP contribution is 2.24. The summed E-state index contributed by atoms with van der Waals surface area (Å²) in [5.41, 5.74) is 0.967. The summed E-state index contributed by atoms with van der Waals surface area (Å²) in [6, 6.07) is 8.54. The standard InChI is InChI=1S/C18H22N4O4S/c1-3-22(13-9-11-27(24,25)12-13)18-19-10-8-16(21-18)20-15-7-5-4-6-14(15)17(23)26-2/h4-8,10,13H,3,9,11-12H2,1-2H3,(H,19,20,21). The zero-order valence-corrected chi connectivity index (χ0v) is 16.1. The number of methoxy groups -OCH3 is 1. The summed E-state index contributed by atoms with van der Waals surface area (Å²) in [6.07, 6.45) is 2.18. The Bertz CT molecular complexity index is 932. The summed E-state index contributed by atoms with van der Waals surface area (Å²) < 4.78 is 28.4. The lowest BCUT2D eigenvalue weighted by Crippen LogP contribution is -2.37. The first-order valence-corrected chi connectivity index (χ1v) is 10.5. The van der Waals surface area contributed by atoms with Gasteiger partial charge in [0.2, 0.25) is 5.95 Å². The summed E-state index contributed by atoms with van der Waals surface area (Å²) in [7, 11) is -1.67. The van der Waals surface area contributed by atoms with Gasteiger partial charge in [0, 0.05) is 18.8 Å². The van der Waals surface area contributed by atoms with Crippen LogP contribution in [0.25, 0.3) is 0 Å². The number of carbonyl (C=O) groups excluding carboxylic acids is 1. The van der Waals surface area contributed by atoms with Crippen LogP contribution in [0.3, 0.4) is 0 Å². The van der Waals surface area contributed by atoms with Gasteiger partial charge in [0.05, 0.1) is 29.9 Å². The van der Waals surface area contributed by atoms with E-state index in [0.29, 0.717) is 36.0 Å². The lowest BCUT2D eigenvalue weighted by molar-refractivity contribution is 0.0602. The Morgan fingerprint density at radius 3 is 2.78 bits per heavy atom. The number of aromatic nitrogens is 2. The van der Waals surface area contributed by atoms with Crippen molar-refractivity contribution in [3.8, 4) is 0 Å². The van der Waals surface area contributed by atoms with E-state index in [1.807, 2.05) is 11.8 Å². The molecule has 2 heterocycles. The molecule has 0 bridgehead atoms. The molecule has 0 amide bonds. The fourth-order valence-electron chi connectivity index (χ4n) is 3.16. The quantitative estimate of drug-likeness (QED) is 0.748. The average molecular weight is 390 g/mol. The maximum atomic E-state index is 11.9. The Kier molecular flexibility index (Phi) is 5.59. The van der Waals surface area contributed by atoms with Crippen molar-refractivity contribution in [2.75, 3.05) is 35.4 Å². The second kappa shape index (κ2) is 7.91. The van der Waals surface area contributed by atoms with Gasteiger partial charge in [0.1, 0.15) is 5.82 Å². The van der Waals surface area contributed by atoms with Crippen LogP contribution in [0.2, 0.25) is 0 Å². The van der Waals surface area contributed by atoms with Crippen LogP contribution in [-0.4, -0.2) is 55.6 Å². The Morgan fingerprint density at radius 1 is 1.33 bits per heavy atom. The number of carbonyl (C=O) groups is 1. The van der Waals surface area contributed by atoms with Gasteiger partial charge in [-0.2, -0.15) is 4.98 Å². The Balaban J connectivity index is 1.85. The molecule has 1 atom stereocenters. The van der Waals surface area contributed by atoms with E-state index in [1.54, 1.807) is 36.5 Å². The first-order chi connectivity index (χ1) is 12.9. The van der Waals surface area contributed by atoms with E-state index in [4.69, 9.17) is 4.74 Å². The van der Waals surface area contributed by atoms with E-state index in [2.05, 4.69) is 15.3 Å². The predicted molar refractivity (Wildman–Crippen MR) is 103 cm³/mol. The fraction of sp³-hybridized carbons (Fsp3) is 0.389. The topological polar surface area (TPSA) is 101 Å². The van der Waals surface area contributed by atoms with Crippen LogP contribution in [0.15, 0.2) is 36.5 Å². The van der Waals surface area contributed by atoms with Gasteiger partial charge in [-0.1, -0.05) is 12.1 Å². The number of nitrogens with one attached hydrogen (secondary N) is 1. The van der Waals surface area contributed by atoms with Gasteiger partial charge in [-0.3, -0.25) is 0 Å². The molecular weight excluding hydrogens is 368 g/mol. The Labute approximate surface area is 158 Å². The van der Waals surface area contributed by atoms with Crippen molar-refractivity contribution in [2.45, 2.75) is 19.4 Å². The molecule has 2 aromatic rings. The number of hydrogen-bond acceptors (Lipinski definition) is 8. The van der Waals surface area contributed by atoms with Gasteiger partial charge >= 0.3 is 5.97 Å². The number of hydrogen-bond donors (Lipinski definition) is 1. The van der Waals surface area contributed by atoms with E-state index in [-0.39, 0.29) is 17.5 Å². The van der Waals surface area contributed by atoms with Crippen molar-refractivity contribution < 1.29 is 17.9 Å². The SMILES string of the molecule is CCN(c1nccc(Nc2ccccc2C(=O)OC)n1)C1CCS(=O)(=O)C1. The molecule has 144 valence electrons. The molecule has 1 fully saturated rings. The summed E-state index contributed by atoms with van der Waals surface area (Å²) in [5.74, 6) is 0.834. The Morgan fingerprint density at radius 2 is 2.11 bits per heavy atom. The van der Waals surface area contributed by atoms with Crippen molar-refractivity contribution in [2.24, 2.45) is 0 Å². The number of para-hydroxylation sites is 1. The van der Waals surface area contributed by atoms with Gasteiger partial charge in [0.25, 0.3) is 0 Å². The van der Waals surface area contributed by atoms with Crippen molar-refractivity contribution in [1.82, 2.24) is 9.97 Å². The second-order valence-electron chi connectivity index (χ2n) is 6.25. The van der Waals surface area contributed by atoms with Crippen molar-refractivity contribution >= 4 is 33.3 Å². The monoisotopic (exact) mass is 390 g/mol. The minimum absolute atomic E-state index is 0.118. The predicted octanol–water partition coefficient (Wildman–Crippen LogP) is 2.02. The molecule has 1 N–H and O–H groups in total. The molecule has 27 heavy (non-hydrogen) atoms. The van der Waals surface area contributed by atoms with Crippen LogP contribution in [0.5, 0.6) is 0 Å². The highest BCUT2D eigenvalue weighted by atomic mass is 32.2. The number of ether oxygens (including phenoxy) is 1. The Hall–Kier alpha value is -2.68. The molecule has 1 aliphatic heterocycles. The zero-order valence-electron chi connectivity index (χ0n) is 15.3. The van der Waals surface area contributed by atoms with Gasteiger partial charge in [-0.05, 0) is 31.5 Å². The van der Waals surface area contributed by atoms with Crippen molar-refractivity contribution in [1.29, 1.82) is 0 Å². The zero-order chi connectivity index (χ0) is 19.4. The summed E-state index contributed by atoms with van der Waals surface area (Å²) in [6.45, 7) is 2.54. The fourth-order valence-corrected chi connectivity index (χ4v) is 4.89. The van der Waals surface area contributed by atoms with Gasteiger partial charge < -0.3 is 15.0 Å². The lowest BCUT2D eigenvalue weighted by atomic mass is 10.2. The molecule has 0 saturated carbocycles. The molecule has 8 nitrogen and oxygen atoms in total. The van der Waals surface area contributed by atoms with Crippen LogP contribution in [0, 0.1) is 0 Å². The molecule has 9 heteroatoms. The molecule has 1 aromatic heterocycles.